The van der Waals surface area contributed by atoms with Gasteiger partial charge in [0.05, 0.1) is 16.8 Å². The molecule has 1 saturated heterocycles. The van der Waals surface area contributed by atoms with Gasteiger partial charge in [-0.25, -0.2) is 0 Å². The van der Waals surface area contributed by atoms with Gasteiger partial charge < -0.3 is 13.7 Å². The molecule has 3 nitrogen and oxygen atoms in total. The summed E-state index contributed by atoms with van der Waals surface area (Å²) >= 11 is 0. The van der Waals surface area contributed by atoms with E-state index in [-0.39, 0.29) is 23.9 Å². The quantitative estimate of drug-likeness (QED) is 0.500. The third-order valence-electron chi connectivity index (χ3n) is 7.15. The SMILES string of the molecule is CCC(CC)(C/C(C)=C/B1OC(C)(C)C(C)(C)O1)O[SiH](c1ccccc1)c1ccccc1. The van der Waals surface area contributed by atoms with E-state index in [1.54, 1.807) is 0 Å². The molecule has 0 unspecified atom stereocenters. The maximum absolute atomic E-state index is 7.14. The zero-order valence-electron chi connectivity index (χ0n) is 20.9. The van der Waals surface area contributed by atoms with Crippen molar-refractivity contribution in [3.63, 3.8) is 0 Å². The van der Waals surface area contributed by atoms with Crippen molar-refractivity contribution >= 4 is 26.5 Å². The molecular weight excluding hydrogens is 411 g/mol. The van der Waals surface area contributed by atoms with Crippen LogP contribution in [0.1, 0.15) is 67.7 Å². The highest BCUT2D eigenvalue weighted by Crippen LogP contribution is 2.38. The van der Waals surface area contributed by atoms with Gasteiger partial charge in [0.25, 0.3) is 0 Å². The second-order valence-electron chi connectivity index (χ2n) is 10.0. The van der Waals surface area contributed by atoms with E-state index >= 15 is 0 Å². The third-order valence-corrected chi connectivity index (χ3v) is 9.87. The molecule has 0 bridgehead atoms. The van der Waals surface area contributed by atoms with Crippen molar-refractivity contribution in [3.05, 3.63) is 72.2 Å². The van der Waals surface area contributed by atoms with Crippen LogP contribution >= 0.6 is 0 Å². The molecule has 0 amide bonds. The van der Waals surface area contributed by atoms with Crippen molar-refractivity contribution in [1.82, 2.24) is 0 Å². The second kappa shape index (κ2) is 10.1. The molecule has 1 aliphatic heterocycles. The van der Waals surface area contributed by atoms with Crippen LogP contribution in [0, 0.1) is 0 Å². The highest BCUT2D eigenvalue weighted by molar-refractivity contribution is 6.80. The first-order chi connectivity index (χ1) is 15.1. The Bertz CT molecular complexity index is 836. The maximum Gasteiger partial charge on any atom is 0.487 e. The predicted octanol–water partition coefficient (Wildman–Crippen LogP) is 5.07. The van der Waals surface area contributed by atoms with Crippen LogP contribution in [0.3, 0.4) is 0 Å². The molecule has 0 N–H and O–H groups in total. The monoisotopic (exact) mass is 450 g/mol. The van der Waals surface area contributed by atoms with Crippen LogP contribution in [0.25, 0.3) is 0 Å². The molecule has 1 fully saturated rings. The normalized spacial score (nSPS) is 18.4. The van der Waals surface area contributed by atoms with Crippen molar-refractivity contribution in [1.29, 1.82) is 0 Å². The van der Waals surface area contributed by atoms with Crippen LogP contribution in [0.5, 0.6) is 0 Å². The summed E-state index contributed by atoms with van der Waals surface area (Å²) in [5.41, 5.74) is 0.389. The standard InChI is InChI=1S/C27H39BO3Si/c1-8-27(9-2,20-22(3)21-28-29-25(4,5)26(6,7)30-28)31-32(23-16-12-10-13-17-23)24-18-14-11-15-19-24/h10-19,21,32H,8-9,20H2,1-7H3/b22-21+. The fourth-order valence-electron chi connectivity index (χ4n) is 4.30. The van der Waals surface area contributed by atoms with E-state index in [0.29, 0.717) is 0 Å². The molecule has 172 valence electrons. The fourth-order valence-corrected chi connectivity index (χ4v) is 7.02. The average Bonchev–Trinajstić information content (AvgIpc) is 2.97. The molecule has 1 heterocycles. The minimum atomic E-state index is -1.84. The Morgan fingerprint density at radius 3 is 1.72 bits per heavy atom. The van der Waals surface area contributed by atoms with Crippen LogP contribution in [0.2, 0.25) is 0 Å². The molecule has 0 radical (unpaired) electrons. The number of hydrogen-bond acceptors (Lipinski definition) is 3. The van der Waals surface area contributed by atoms with E-state index in [4.69, 9.17) is 13.7 Å². The van der Waals surface area contributed by atoms with Gasteiger partial charge in [0.2, 0.25) is 9.04 Å². The molecule has 1 aliphatic rings. The first kappa shape index (κ1) is 25.0. The van der Waals surface area contributed by atoms with Crippen LogP contribution in [-0.2, 0) is 13.7 Å². The molecule has 0 atom stereocenters. The van der Waals surface area contributed by atoms with Gasteiger partial charge >= 0.3 is 7.12 Å². The summed E-state index contributed by atoms with van der Waals surface area (Å²) in [4.78, 5) is 0. The Balaban J connectivity index is 1.85. The van der Waals surface area contributed by atoms with Gasteiger partial charge in [-0.3, -0.25) is 0 Å². The highest BCUT2D eigenvalue weighted by Gasteiger charge is 2.50. The van der Waals surface area contributed by atoms with Gasteiger partial charge in [-0.1, -0.05) is 86.1 Å². The summed E-state index contributed by atoms with van der Waals surface area (Å²) in [6.07, 6.45) is 2.79. The first-order valence-corrected chi connectivity index (χ1v) is 13.5. The summed E-state index contributed by atoms with van der Waals surface area (Å²) in [5, 5.41) is 2.63. The van der Waals surface area contributed by atoms with E-state index in [1.165, 1.54) is 15.9 Å². The summed E-state index contributed by atoms with van der Waals surface area (Å²) < 4.78 is 19.6. The van der Waals surface area contributed by atoms with Gasteiger partial charge in [0.15, 0.2) is 0 Å². The Morgan fingerprint density at radius 2 is 1.31 bits per heavy atom. The largest absolute Gasteiger partial charge is 0.487 e. The van der Waals surface area contributed by atoms with Gasteiger partial charge in [-0.2, -0.15) is 0 Å². The number of benzene rings is 2. The van der Waals surface area contributed by atoms with Crippen LogP contribution in [0.4, 0.5) is 0 Å². The van der Waals surface area contributed by atoms with Gasteiger partial charge in [0.1, 0.15) is 0 Å². The summed E-state index contributed by atoms with van der Waals surface area (Å²) in [6, 6.07) is 21.5. The molecule has 5 heteroatoms. The lowest BCUT2D eigenvalue weighted by Gasteiger charge is -2.37. The van der Waals surface area contributed by atoms with Crippen molar-refractivity contribution < 1.29 is 13.7 Å². The zero-order valence-corrected chi connectivity index (χ0v) is 22.0. The van der Waals surface area contributed by atoms with Gasteiger partial charge in [-0.05, 0) is 64.3 Å². The van der Waals surface area contributed by atoms with Crippen molar-refractivity contribution in [2.45, 2.75) is 84.5 Å². The minimum absolute atomic E-state index is 0.215. The van der Waals surface area contributed by atoms with Crippen molar-refractivity contribution in [2.75, 3.05) is 0 Å². The molecule has 0 spiro atoms. The number of rotatable bonds is 9. The van der Waals surface area contributed by atoms with E-state index in [1.807, 2.05) is 0 Å². The van der Waals surface area contributed by atoms with Gasteiger partial charge in [0, 0.05) is 0 Å². The Labute approximate surface area is 197 Å². The molecule has 3 rings (SSSR count). The van der Waals surface area contributed by atoms with Crippen LogP contribution in [0.15, 0.2) is 72.2 Å². The van der Waals surface area contributed by atoms with Gasteiger partial charge in [-0.15, -0.1) is 0 Å². The number of hydrogen-bond donors (Lipinski definition) is 0. The smallest absolute Gasteiger partial charge is 0.405 e. The molecule has 2 aromatic carbocycles. The van der Waals surface area contributed by atoms with Crippen molar-refractivity contribution in [2.24, 2.45) is 0 Å². The summed E-state index contributed by atoms with van der Waals surface area (Å²) in [6.45, 7) is 15.0. The van der Waals surface area contributed by atoms with E-state index in [9.17, 15) is 0 Å². The van der Waals surface area contributed by atoms with Crippen LogP contribution in [-0.4, -0.2) is 33.0 Å². The second-order valence-corrected chi connectivity index (χ2v) is 12.4. The predicted molar refractivity (Wildman–Crippen MR) is 138 cm³/mol. The Kier molecular flexibility index (Phi) is 7.87. The lowest BCUT2D eigenvalue weighted by molar-refractivity contribution is 0.00578. The molecule has 0 saturated carbocycles. The van der Waals surface area contributed by atoms with E-state index in [2.05, 4.69) is 115 Å². The summed E-state index contributed by atoms with van der Waals surface area (Å²) in [7, 11) is -2.16. The molecule has 0 aromatic heterocycles. The maximum atomic E-state index is 7.14. The Hall–Kier alpha value is -1.66. The average molecular weight is 451 g/mol. The third kappa shape index (κ3) is 5.63. The first-order valence-electron chi connectivity index (χ1n) is 11.9. The molecular formula is C27H39BO3Si. The highest BCUT2D eigenvalue weighted by atomic mass is 28.3. The van der Waals surface area contributed by atoms with E-state index in [0.717, 1.165) is 19.3 Å². The molecule has 0 aliphatic carbocycles. The lowest BCUT2D eigenvalue weighted by atomic mass is 9.82. The zero-order chi connectivity index (χ0) is 23.4. The van der Waals surface area contributed by atoms with Crippen LogP contribution < -0.4 is 10.4 Å². The molecule has 2 aromatic rings. The summed E-state index contributed by atoms with van der Waals surface area (Å²) in [5.74, 6) is 2.14. The van der Waals surface area contributed by atoms with E-state index < -0.39 is 9.04 Å². The topological polar surface area (TPSA) is 27.7 Å². The minimum Gasteiger partial charge on any atom is -0.405 e. The fraction of sp³-hybridized carbons (Fsp3) is 0.481. The van der Waals surface area contributed by atoms with Crippen molar-refractivity contribution in [3.8, 4) is 0 Å². The Morgan fingerprint density at radius 1 is 0.875 bits per heavy atom. The molecule has 32 heavy (non-hydrogen) atoms. The lowest BCUT2D eigenvalue weighted by Crippen LogP contribution is -2.51.